The molecule has 194 valence electrons. The van der Waals surface area contributed by atoms with Crippen LogP contribution in [0.3, 0.4) is 0 Å². The van der Waals surface area contributed by atoms with Gasteiger partial charge in [0.1, 0.15) is 25.1 Å². The number of Topliss-reactive ketones (excluding diaryl/α,β-unsaturated/α-hetero) is 1. The normalized spacial score (nSPS) is 16.9. The lowest BCUT2D eigenvalue weighted by Gasteiger charge is -2.24. The van der Waals surface area contributed by atoms with Gasteiger partial charge in [0.25, 0.3) is 0 Å². The molecule has 11 heteroatoms. The molecule has 3 aromatic heterocycles. The molecular formula is C27H26FN7O3. The number of benzene rings is 1. The van der Waals surface area contributed by atoms with Gasteiger partial charge in [0.2, 0.25) is 11.8 Å². The van der Waals surface area contributed by atoms with E-state index in [9.17, 15) is 18.8 Å². The van der Waals surface area contributed by atoms with Gasteiger partial charge < -0.3 is 20.1 Å². The Morgan fingerprint density at radius 1 is 1.11 bits per heavy atom. The highest BCUT2D eigenvalue weighted by Crippen LogP contribution is 2.28. The van der Waals surface area contributed by atoms with Crippen LogP contribution in [-0.4, -0.2) is 60.8 Å². The van der Waals surface area contributed by atoms with E-state index in [1.54, 1.807) is 47.6 Å². The van der Waals surface area contributed by atoms with Gasteiger partial charge in [-0.15, -0.1) is 0 Å². The first-order chi connectivity index (χ1) is 18.4. The molecule has 1 saturated heterocycles. The first-order valence-corrected chi connectivity index (χ1v) is 12.2. The van der Waals surface area contributed by atoms with E-state index in [2.05, 4.69) is 25.6 Å². The average Bonchev–Trinajstić information content (AvgIpc) is 3.49. The lowest BCUT2D eigenvalue weighted by Crippen LogP contribution is -2.46. The minimum Gasteiger partial charge on any atom is -0.353 e. The van der Waals surface area contributed by atoms with Crippen molar-refractivity contribution in [3.8, 4) is 0 Å². The third-order valence-electron chi connectivity index (χ3n) is 6.46. The lowest BCUT2D eigenvalue weighted by molar-refractivity contribution is -0.139. The molecule has 38 heavy (non-hydrogen) atoms. The first kappa shape index (κ1) is 25.0. The molecule has 1 fully saturated rings. The van der Waals surface area contributed by atoms with Gasteiger partial charge >= 0.3 is 0 Å². The van der Waals surface area contributed by atoms with Gasteiger partial charge in [-0.3, -0.25) is 19.4 Å². The SMILES string of the molecule is CC(=O)c1cn(CC(=O)N2CC(F)CC2C(=O)NCc2ccccn2)c2ccc(Nc3cncnc3)cc12. The fourth-order valence-corrected chi connectivity index (χ4v) is 4.66. The standard InChI is InChI=1S/C27H26FN7O3/c1-17(36)23-14-34(24-6-5-19(9-22(23)24)33-21-10-29-16-30-11-21)15-26(37)35-13-18(28)8-25(35)27(38)32-12-20-4-2-3-7-31-20/h2-7,9-11,14,16,18,25,33H,8,12-13,15H2,1H3,(H,32,38). The summed E-state index contributed by atoms with van der Waals surface area (Å²) in [5.41, 5.74) is 3.20. The molecule has 4 heterocycles. The molecule has 10 nitrogen and oxygen atoms in total. The maximum absolute atomic E-state index is 14.4. The van der Waals surface area contributed by atoms with E-state index >= 15 is 0 Å². The Morgan fingerprint density at radius 2 is 1.92 bits per heavy atom. The maximum Gasteiger partial charge on any atom is 0.243 e. The minimum atomic E-state index is -1.30. The number of carbonyl (C=O) groups is 3. The van der Waals surface area contributed by atoms with Crippen LogP contribution in [0.25, 0.3) is 10.9 Å². The number of likely N-dealkylation sites (tertiary alicyclic amines) is 1. The highest BCUT2D eigenvalue weighted by molar-refractivity contribution is 6.08. The molecule has 4 aromatic rings. The Kier molecular flexibility index (Phi) is 7.07. The molecule has 2 amide bonds. The van der Waals surface area contributed by atoms with Crippen LogP contribution < -0.4 is 10.6 Å². The number of hydrogen-bond donors (Lipinski definition) is 2. The maximum atomic E-state index is 14.4. The van der Waals surface area contributed by atoms with Crippen LogP contribution in [-0.2, 0) is 22.7 Å². The number of fused-ring (bicyclic) bond motifs is 1. The quantitative estimate of drug-likeness (QED) is 0.346. The molecule has 0 spiro atoms. The Balaban J connectivity index is 1.34. The van der Waals surface area contributed by atoms with E-state index in [1.165, 1.54) is 18.2 Å². The van der Waals surface area contributed by atoms with E-state index in [0.717, 1.165) is 5.69 Å². The van der Waals surface area contributed by atoms with Crippen molar-refractivity contribution in [2.45, 2.75) is 38.6 Å². The van der Waals surface area contributed by atoms with E-state index < -0.39 is 24.0 Å². The Labute approximate surface area is 217 Å². The highest BCUT2D eigenvalue weighted by Gasteiger charge is 2.39. The summed E-state index contributed by atoms with van der Waals surface area (Å²) in [6, 6.07) is 9.88. The zero-order valence-corrected chi connectivity index (χ0v) is 20.7. The Morgan fingerprint density at radius 3 is 2.66 bits per heavy atom. The molecule has 1 aliphatic rings. The molecule has 2 unspecified atom stereocenters. The van der Waals surface area contributed by atoms with Crippen molar-refractivity contribution < 1.29 is 18.8 Å². The van der Waals surface area contributed by atoms with E-state index in [-0.39, 0.29) is 31.8 Å². The van der Waals surface area contributed by atoms with Gasteiger partial charge in [0.05, 0.1) is 36.9 Å². The number of hydrogen-bond acceptors (Lipinski definition) is 7. The number of carbonyl (C=O) groups excluding carboxylic acids is 3. The van der Waals surface area contributed by atoms with Crippen LogP contribution in [0.2, 0.25) is 0 Å². The fraction of sp³-hybridized carbons (Fsp3) is 0.259. The van der Waals surface area contributed by atoms with Crippen molar-refractivity contribution in [2.75, 3.05) is 11.9 Å². The number of anilines is 2. The molecule has 2 atom stereocenters. The predicted molar refractivity (Wildman–Crippen MR) is 138 cm³/mol. The summed E-state index contributed by atoms with van der Waals surface area (Å²) < 4.78 is 16.0. The molecule has 0 bridgehead atoms. The molecule has 1 aliphatic heterocycles. The Hall–Kier alpha value is -4.67. The first-order valence-electron chi connectivity index (χ1n) is 12.2. The number of pyridine rings is 1. The molecule has 0 saturated carbocycles. The summed E-state index contributed by atoms with van der Waals surface area (Å²) in [7, 11) is 0. The summed E-state index contributed by atoms with van der Waals surface area (Å²) in [5.74, 6) is -0.983. The van der Waals surface area contributed by atoms with Gasteiger partial charge in [-0.1, -0.05) is 6.07 Å². The van der Waals surface area contributed by atoms with Crippen LogP contribution in [0, 0.1) is 0 Å². The van der Waals surface area contributed by atoms with E-state index in [1.807, 2.05) is 18.2 Å². The molecule has 1 aromatic carbocycles. The summed E-state index contributed by atoms with van der Waals surface area (Å²) in [5, 5.41) is 6.62. The van der Waals surface area contributed by atoms with Crippen LogP contribution >= 0.6 is 0 Å². The van der Waals surface area contributed by atoms with Gasteiger partial charge in [-0.25, -0.2) is 14.4 Å². The number of nitrogens with one attached hydrogen (secondary N) is 2. The lowest BCUT2D eigenvalue weighted by atomic mass is 10.1. The number of nitrogens with zero attached hydrogens (tertiary/aromatic N) is 5. The van der Waals surface area contributed by atoms with Gasteiger partial charge in [0.15, 0.2) is 5.78 Å². The molecule has 2 N–H and O–H groups in total. The number of rotatable bonds is 8. The number of amides is 2. The average molecular weight is 516 g/mol. The molecule has 0 radical (unpaired) electrons. The van der Waals surface area contributed by atoms with Crippen molar-refractivity contribution in [1.82, 2.24) is 29.7 Å². The van der Waals surface area contributed by atoms with E-state index in [0.29, 0.717) is 27.8 Å². The van der Waals surface area contributed by atoms with Gasteiger partial charge in [0, 0.05) is 41.0 Å². The van der Waals surface area contributed by atoms with Crippen molar-refractivity contribution >= 4 is 39.9 Å². The highest BCUT2D eigenvalue weighted by atomic mass is 19.1. The zero-order valence-electron chi connectivity index (χ0n) is 20.7. The molecule has 5 rings (SSSR count). The second-order valence-corrected chi connectivity index (χ2v) is 9.14. The second kappa shape index (κ2) is 10.8. The second-order valence-electron chi connectivity index (χ2n) is 9.14. The summed E-state index contributed by atoms with van der Waals surface area (Å²) in [6.45, 7) is 1.35. The summed E-state index contributed by atoms with van der Waals surface area (Å²) >= 11 is 0. The smallest absolute Gasteiger partial charge is 0.243 e. The van der Waals surface area contributed by atoms with E-state index in [4.69, 9.17) is 0 Å². The number of ketones is 1. The monoisotopic (exact) mass is 515 g/mol. The predicted octanol–water partition coefficient (Wildman–Crippen LogP) is 3.03. The third kappa shape index (κ3) is 5.36. The van der Waals surface area contributed by atoms with Gasteiger partial charge in [-0.05, 0) is 37.3 Å². The zero-order chi connectivity index (χ0) is 26.6. The largest absolute Gasteiger partial charge is 0.353 e. The van der Waals surface area contributed by atoms with Crippen LogP contribution in [0.4, 0.5) is 15.8 Å². The number of aromatic nitrogens is 4. The fourth-order valence-electron chi connectivity index (χ4n) is 4.66. The van der Waals surface area contributed by atoms with Crippen LogP contribution in [0.1, 0.15) is 29.4 Å². The minimum absolute atomic E-state index is 0.0663. The summed E-state index contributed by atoms with van der Waals surface area (Å²) in [6.07, 6.45) is 6.57. The number of halogens is 1. The van der Waals surface area contributed by atoms with Crippen molar-refractivity contribution in [3.63, 3.8) is 0 Å². The number of alkyl halides is 1. The molecular weight excluding hydrogens is 489 g/mol. The van der Waals surface area contributed by atoms with Gasteiger partial charge in [-0.2, -0.15) is 0 Å². The van der Waals surface area contributed by atoms with Crippen molar-refractivity contribution in [1.29, 1.82) is 0 Å². The topological polar surface area (TPSA) is 122 Å². The van der Waals surface area contributed by atoms with Crippen LogP contribution in [0.15, 0.2) is 67.5 Å². The third-order valence-corrected chi connectivity index (χ3v) is 6.46. The Bertz CT molecular complexity index is 1480. The van der Waals surface area contributed by atoms with Crippen molar-refractivity contribution in [3.05, 3.63) is 78.8 Å². The summed E-state index contributed by atoms with van der Waals surface area (Å²) in [4.78, 5) is 52.0. The van der Waals surface area contributed by atoms with Crippen molar-refractivity contribution in [2.24, 2.45) is 0 Å². The van der Waals surface area contributed by atoms with Crippen LogP contribution in [0.5, 0.6) is 0 Å². The molecule has 0 aliphatic carbocycles.